The molecule has 12 heavy (non-hydrogen) atoms. The summed E-state index contributed by atoms with van der Waals surface area (Å²) < 4.78 is 4.96. The van der Waals surface area contributed by atoms with Crippen LogP contribution >= 0.6 is 11.3 Å². The van der Waals surface area contributed by atoms with Crippen molar-refractivity contribution in [3.8, 4) is 0 Å². The van der Waals surface area contributed by atoms with E-state index in [2.05, 4.69) is 4.98 Å². The van der Waals surface area contributed by atoms with Crippen molar-refractivity contribution in [2.45, 2.75) is 26.9 Å². The molecule has 0 amide bonds. The number of aromatic nitrogens is 1. The SMILES string of the molecule is Cc1cnc(C(=O)OC(C)C)s1. The van der Waals surface area contributed by atoms with Crippen molar-refractivity contribution in [1.29, 1.82) is 0 Å². The fourth-order valence-electron chi connectivity index (χ4n) is 0.714. The fourth-order valence-corrected chi connectivity index (χ4v) is 1.36. The highest BCUT2D eigenvalue weighted by atomic mass is 32.1. The number of hydrogen-bond donors (Lipinski definition) is 0. The summed E-state index contributed by atoms with van der Waals surface area (Å²) in [4.78, 5) is 16.1. The number of rotatable bonds is 2. The van der Waals surface area contributed by atoms with E-state index in [1.54, 1.807) is 6.20 Å². The normalized spacial score (nSPS) is 10.3. The molecule has 0 atom stereocenters. The molecule has 0 bridgehead atoms. The molecule has 0 spiro atoms. The van der Waals surface area contributed by atoms with E-state index < -0.39 is 0 Å². The molecule has 1 aromatic heterocycles. The van der Waals surface area contributed by atoms with Crippen molar-refractivity contribution in [3.63, 3.8) is 0 Å². The van der Waals surface area contributed by atoms with Crippen LogP contribution in [0.2, 0.25) is 0 Å². The van der Waals surface area contributed by atoms with Gasteiger partial charge in [0, 0.05) is 11.1 Å². The van der Waals surface area contributed by atoms with E-state index in [1.807, 2.05) is 20.8 Å². The minimum Gasteiger partial charge on any atom is -0.458 e. The third kappa shape index (κ3) is 2.30. The molecule has 0 aromatic carbocycles. The Morgan fingerprint density at radius 2 is 2.33 bits per heavy atom. The van der Waals surface area contributed by atoms with Gasteiger partial charge in [0.2, 0.25) is 5.01 Å². The summed E-state index contributed by atoms with van der Waals surface area (Å²) in [5, 5.41) is 0.432. The molecule has 3 nitrogen and oxygen atoms in total. The monoisotopic (exact) mass is 185 g/mol. The Hall–Kier alpha value is -0.900. The van der Waals surface area contributed by atoms with Gasteiger partial charge in [0.15, 0.2) is 0 Å². The van der Waals surface area contributed by atoms with Crippen molar-refractivity contribution in [3.05, 3.63) is 16.1 Å². The summed E-state index contributed by atoms with van der Waals surface area (Å²) in [7, 11) is 0. The van der Waals surface area contributed by atoms with Crippen LogP contribution in [0.15, 0.2) is 6.20 Å². The lowest BCUT2D eigenvalue weighted by molar-refractivity contribution is 0.0377. The van der Waals surface area contributed by atoms with Crippen LogP contribution in [0.4, 0.5) is 0 Å². The van der Waals surface area contributed by atoms with Crippen LogP contribution in [0.1, 0.15) is 28.5 Å². The standard InChI is InChI=1S/C8H11NO2S/c1-5(2)11-8(10)7-9-4-6(3)12-7/h4-5H,1-3H3. The summed E-state index contributed by atoms with van der Waals surface area (Å²) in [6.07, 6.45) is 1.59. The number of carbonyl (C=O) groups excluding carboxylic acids is 1. The third-order valence-corrected chi connectivity index (χ3v) is 2.03. The Bertz CT molecular complexity index is 280. The lowest BCUT2D eigenvalue weighted by Gasteiger charge is -2.04. The van der Waals surface area contributed by atoms with Crippen LogP contribution in [0.5, 0.6) is 0 Å². The second kappa shape index (κ2) is 3.67. The molecule has 1 heterocycles. The Morgan fingerprint density at radius 3 is 2.75 bits per heavy atom. The van der Waals surface area contributed by atoms with Gasteiger partial charge in [-0.1, -0.05) is 0 Å². The van der Waals surface area contributed by atoms with Crippen LogP contribution < -0.4 is 0 Å². The molecule has 0 aliphatic rings. The molecule has 1 aromatic rings. The van der Waals surface area contributed by atoms with E-state index in [9.17, 15) is 4.79 Å². The predicted molar refractivity (Wildman–Crippen MR) is 47.4 cm³/mol. The van der Waals surface area contributed by atoms with Gasteiger partial charge in [0.1, 0.15) is 0 Å². The van der Waals surface area contributed by atoms with Crippen molar-refractivity contribution in [2.24, 2.45) is 0 Å². The maximum absolute atomic E-state index is 11.2. The van der Waals surface area contributed by atoms with E-state index in [0.29, 0.717) is 5.01 Å². The second-order valence-electron chi connectivity index (χ2n) is 2.73. The minimum absolute atomic E-state index is 0.0818. The van der Waals surface area contributed by atoms with Crippen molar-refractivity contribution in [1.82, 2.24) is 4.98 Å². The van der Waals surface area contributed by atoms with Crippen LogP contribution in [-0.4, -0.2) is 17.1 Å². The number of hydrogen-bond acceptors (Lipinski definition) is 4. The Balaban J connectivity index is 2.65. The maximum atomic E-state index is 11.2. The van der Waals surface area contributed by atoms with Gasteiger partial charge < -0.3 is 4.74 Å². The summed E-state index contributed by atoms with van der Waals surface area (Å²) in [6, 6.07) is 0. The van der Waals surface area contributed by atoms with Gasteiger partial charge in [-0.05, 0) is 20.8 Å². The molecule has 0 unspecified atom stereocenters. The molecular weight excluding hydrogens is 174 g/mol. The average Bonchev–Trinajstić information content (AvgIpc) is 2.34. The number of carbonyl (C=O) groups is 1. The quantitative estimate of drug-likeness (QED) is 0.662. The van der Waals surface area contributed by atoms with E-state index >= 15 is 0 Å². The van der Waals surface area contributed by atoms with E-state index in [1.165, 1.54) is 11.3 Å². The first-order chi connectivity index (χ1) is 5.59. The second-order valence-corrected chi connectivity index (χ2v) is 3.96. The van der Waals surface area contributed by atoms with Gasteiger partial charge in [0.25, 0.3) is 0 Å². The zero-order valence-electron chi connectivity index (χ0n) is 7.33. The lowest BCUT2D eigenvalue weighted by Crippen LogP contribution is -2.10. The molecule has 0 N–H and O–H groups in total. The third-order valence-electron chi connectivity index (χ3n) is 1.14. The lowest BCUT2D eigenvalue weighted by atomic mass is 10.5. The number of esters is 1. The van der Waals surface area contributed by atoms with Gasteiger partial charge in [-0.2, -0.15) is 0 Å². The van der Waals surface area contributed by atoms with Gasteiger partial charge in [0.05, 0.1) is 6.10 Å². The highest BCUT2D eigenvalue weighted by Crippen LogP contribution is 2.12. The van der Waals surface area contributed by atoms with Gasteiger partial charge >= 0.3 is 5.97 Å². The number of thiazole rings is 1. The predicted octanol–water partition coefficient (Wildman–Crippen LogP) is 2.02. The van der Waals surface area contributed by atoms with Crippen molar-refractivity contribution in [2.75, 3.05) is 0 Å². The molecule has 0 radical (unpaired) electrons. The fraction of sp³-hybridized carbons (Fsp3) is 0.500. The molecule has 0 fully saturated rings. The van der Waals surface area contributed by atoms with Crippen LogP contribution in [0.3, 0.4) is 0 Å². The zero-order chi connectivity index (χ0) is 9.14. The Kier molecular flexibility index (Phi) is 2.81. The molecule has 4 heteroatoms. The Labute approximate surface area is 75.4 Å². The van der Waals surface area contributed by atoms with Crippen molar-refractivity contribution >= 4 is 17.3 Å². The summed E-state index contributed by atoms with van der Waals surface area (Å²) in [6.45, 7) is 5.54. The first-order valence-corrected chi connectivity index (χ1v) is 4.54. The molecule has 0 aliphatic carbocycles. The molecule has 0 saturated heterocycles. The van der Waals surface area contributed by atoms with E-state index in [0.717, 1.165) is 4.88 Å². The molecule has 1 rings (SSSR count). The topological polar surface area (TPSA) is 39.2 Å². The number of ether oxygens (including phenoxy) is 1. The molecule has 0 aliphatic heterocycles. The molecular formula is C8H11NO2S. The summed E-state index contributed by atoms with van der Waals surface area (Å²) >= 11 is 1.35. The van der Waals surface area contributed by atoms with Crippen LogP contribution in [0, 0.1) is 6.92 Å². The average molecular weight is 185 g/mol. The van der Waals surface area contributed by atoms with Gasteiger partial charge in [-0.3, -0.25) is 0 Å². The van der Waals surface area contributed by atoms with Crippen LogP contribution in [0.25, 0.3) is 0 Å². The molecule has 66 valence electrons. The number of nitrogens with zero attached hydrogens (tertiary/aromatic N) is 1. The highest BCUT2D eigenvalue weighted by Gasteiger charge is 2.12. The van der Waals surface area contributed by atoms with E-state index in [-0.39, 0.29) is 12.1 Å². The largest absolute Gasteiger partial charge is 0.458 e. The molecule has 0 saturated carbocycles. The first kappa shape index (κ1) is 9.19. The Morgan fingerprint density at radius 1 is 1.67 bits per heavy atom. The summed E-state index contributed by atoms with van der Waals surface area (Å²) in [5.41, 5.74) is 0. The van der Waals surface area contributed by atoms with E-state index in [4.69, 9.17) is 4.74 Å². The maximum Gasteiger partial charge on any atom is 0.367 e. The summed E-state index contributed by atoms with van der Waals surface area (Å²) in [5.74, 6) is -0.330. The number of aryl methyl sites for hydroxylation is 1. The van der Waals surface area contributed by atoms with Gasteiger partial charge in [-0.15, -0.1) is 11.3 Å². The van der Waals surface area contributed by atoms with Gasteiger partial charge in [-0.25, -0.2) is 9.78 Å². The smallest absolute Gasteiger partial charge is 0.367 e. The first-order valence-electron chi connectivity index (χ1n) is 3.73. The van der Waals surface area contributed by atoms with Crippen LogP contribution in [-0.2, 0) is 4.74 Å². The minimum atomic E-state index is -0.330. The van der Waals surface area contributed by atoms with Crippen molar-refractivity contribution < 1.29 is 9.53 Å². The zero-order valence-corrected chi connectivity index (χ0v) is 8.14. The highest BCUT2D eigenvalue weighted by molar-refractivity contribution is 7.13.